The number of fused-ring (bicyclic) bond motifs is 1. The van der Waals surface area contributed by atoms with E-state index in [1.54, 1.807) is 0 Å². The van der Waals surface area contributed by atoms with Crippen LogP contribution >= 0.6 is 11.6 Å². The second kappa shape index (κ2) is 10.1. The highest BCUT2D eigenvalue weighted by atomic mass is 35.5. The van der Waals surface area contributed by atoms with Crippen LogP contribution in [-0.4, -0.2) is 22.2 Å². The highest BCUT2D eigenvalue weighted by molar-refractivity contribution is 6.30. The van der Waals surface area contributed by atoms with Crippen molar-refractivity contribution in [2.45, 2.75) is 64.2 Å². The van der Waals surface area contributed by atoms with E-state index in [0.717, 1.165) is 52.3 Å². The summed E-state index contributed by atoms with van der Waals surface area (Å²) in [5.74, 6) is 5.48. The molecule has 186 valence electrons. The van der Waals surface area contributed by atoms with Gasteiger partial charge in [0, 0.05) is 16.1 Å². The highest BCUT2D eigenvalue weighted by Crippen LogP contribution is 2.41. The van der Waals surface area contributed by atoms with E-state index in [1.165, 1.54) is 0 Å². The highest BCUT2D eigenvalue weighted by Gasteiger charge is 2.31. The van der Waals surface area contributed by atoms with Crippen LogP contribution in [0.4, 0.5) is 0 Å². The van der Waals surface area contributed by atoms with Crippen molar-refractivity contribution in [2.75, 3.05) is 0 Å². The third-order valence-electron chi connectivity index (χ3n) is 6.30. The molecule has 0 aliphatic heterocycles. The van der Waals surface area contributed by atoms with Gasteiger partial charge in [-0.15, -0.1) is 0 Å². The standard InChI is InChI=1S/C31H32ClNO3/c1-20-18-23-9-8-21(14-17-31(33)15-6-5-7-16-31)19-25(23)27(22-10-12-24(32)13-11-22)26(20)28(29(34)35)36-30(2,3)4/h6,8-13,15,18-19,28H,5,7,16,33H2,1-4H3,(H,34,35). The molecule has 2 atom stereocenters. The Kier molecular flexibility index (Phi) is 7.29. The quantitative estimate of drug-likeness (QED) is 0.293. The number of ether oxygens (including phenoxy) is 1. The van der Waals surface area contributed by atoms with E-state index in [0.29, 0.717) is 10.6 Å². The Morgan fingerprint density at radius 1 is 1.17 bits per heavy atom. The van der Waals surface area contributed by atoms with E-state index in [-0.39, 0.29) is 0 Å². The number of aliphatic carboxylic acids is 1. The van der Waals surface area contributed by atoms with Gasteiger partial charge >= 0.3 is 5.97 Å². The SMILES string of the molecule is Cc1cc2ccc(C#CC3(N)C=CCCC3)cc2c(-c2ccc(Cl)cc2)c1C(OC(C)(C)C)C(=O)O. The number of rotatable bonds is 4. The summed E-state index contributed by atoms with van der Waals surface area (Å²) in [7, 11) is 0. The van der Waals surface area contributed by atoms with Crippen LogP contribution < -0.4 is 5.73 Å². The normalized spacial score (nSPS) is 18.5. The van der Waals surface area contributed by atoms with E-state index in [1.807, 2.05) is 82.3 Å². The maximum atomic E-state index is 12.5. The Labute approximate surface area is 218 Å². The Bertz CT molecular complexity index is 1390. The van der Waals surface area contributed by atoms with Crippen LogP contribution in [0.1, 0.15) is 62.8 Å². The van der Waals surface area contributed by atoms with Crippen molar-refractivity contribution >= 4 is 28.3 Å². The average Bonchev–Trinajstić information content (AvgIpc) is 2.81. The molecule has 1 aliphatic rings. The number of allylic oxidation sites excluding steroid dienone is 1. The van der Waals surface area contributed by atoms with E-state index in [9.17, 15) is 9.90 Å². The van der Waals surface area contributed by atoms with Crippen LogP contribution in [0, 0.1) is 18.8 Å². The zero-order valence-electron chi connectivity index (χ0n) is 21.2. The summed E-state index contributed by atoms with van der Waals surface area (Å²) in [6, 6.07) is 15.5. The summed E-state index contributed by atoms with van der Waals surface area (Å²) in [5.41, 5.74) is 9.16. The van der Waals surface area contributed by atoms with Crippen LogP contribution in [0.15, 0.2) is 60.7 Å². The van der Waals surface area contributed by atoms with E-state index >= 15 is 0 Å². The van der Waals surface area contributed by atoms with Crippen molar-refractivity contribution in [1.29, 1.82) is 0 Å². The lowest BCUT2D eigenvalue weighted by Crippen LogP contribution is -2.37. The van der Waals surface area contributed by atoms with Gasteiger partial charge in [0.25, 0.3) is 0 Å². The largest absolute Gasteiger partial charge is 0.479 e. The fourth-order valence-corrected chi connectivity index (χ4v) is 4.79. The van der Waals surface area contributed by atoms with Crippen LogP contribution in [0.3, 0.4) is 0 Å². The molecule has 3 N–H and O–H groups in total. The predicted molar refractivity (Wildman–Crippen MR) is 147 cm³/mol. The third kappa shape index (κ3) is 5.82. The van der Waals surface area contributed by atoms with Gasteiger partial charge in [0.15, 0.2) is 6.10 Å². The lowest BCUT2D eigenvalue weighted by atomic mass is 9.86. The second-order valence-corrected chi connectivity index (χ2v) is 10.9. The molecular weight excluding hydrogens is 470 g/mol. The average molecular weight is 502 g/mol. The minimum atomic E-state index is -1.14. The minimum Gasteiger partial charge on any atom is -0.479 e. The number of halogens is 1. The molecular formula is C31H32ClNO3. The van der Waals surface area contributed by atoms with Gasteiger partial charge in [-0.05, 0) is 98.7 Å². The summed E-state index contributed by atoms with van der Waals surface area (Å²) in [4.78, 5) is 12.5. The summed E-state index contributed by atoms with van der Waals surface area (Å²) < 4.78 is 6.09. The number of hydrogen-bond acceptors (Lipinski definition) is 3. The van der Waals surface area contributed by atoms with E-state index < -0.39 is 23.2 Å². The van der Waals surface area contributed by atoms with Crippen LogP contribution in [0.25, 0.3) is 21.9 Å². The van der Waals surface area contributed by atoms with Gasteiger partial charge in [-0.3, -0.25) is 0 Å². The van der Waals surface area contributed by atoms with Gasteiger partial charge in [-0.2, -0.15) is 0 Å². The molecule has 1 aliphatic carbocycles. The van der Waals surface area contributed by atoms with Crippen molar-refractivity contribution in [1.82, 2.24) is 0 Å². The first-order valence-corrected chi connectivity index (χ1v) is 12.6. The van der Waals surface area contributed by atoms with Gasteiger partial charge in [-0.1, -0.05) is 59.9 Å². The maximum Gasteiger partial charge on any atom is 0.337 e. The molecule has 3 aromatic carbocycles. The number of benzene rings is 3. The summed E-state index contributed by atoms with van der Waals surface area (Å²) in [6.07, 6.45) is 5.82. The first-order chi connectivity index (χ1) is 17.0. The number of nitrogens with two attached hydrogens (primary N) is 1. The topological polar surface area (TPSA) is 72.5 Å². The van der Waals surface area contributed by atoms with Gasteiger partial charge in [0.05, 0.1) is 11.1 Å². The maximum absolute atomic E-state index is 12.5. The number of carboxylic acid groups (broad SMARTS) is 1. The fraction of sp³-hybridized carbons (Fsp3) is 0.323. The van der Waals surface area contributed by atoms with Crippen molar-refractivity contribution in [2.24, 2.45) is 5.73 Å². The first kappa shape index (κ1) is 26.0. The zero-order chi connectivity index (χ0) is 26.1. The third-order valence-corrected chi connectivity index (χ3v) is 6.55. The molecule has 0 spiro atoms. The molecule has 3 aromatic rings. The summed E-state index contributed by atoms with van der Waals surface area (Å²) >= 11 is 6.19. The number of carboxylic acids is 1. The molecule has 2 unspecified atom stereocenters. The van der Waals surface area contributed by atoms with Gasteiger partial charge < -0.3 is 15.6 Å². The van der Waals surface area contributed by atoms with E-state index in [2.05, 4.69) is 17.9 Å². The smallest absolute Gasteiger partial charge is 0.337 e. The first-order valence-electron chi connectivity index (χ1n) is 12.2. The van der Waals surface area contributed by atoms with Crippen molar-refractivity contribution < 1.29 is 14.6 Å². The molecule has 0 saturated heterocycles. The molecule has 0 radical (unpaired) electrons. The van der Waals surface area contributed by atoms with Gasteiger partial charge in [-0.25, -0.2) is 4.79 Å². The fourth-order valence-electron chi connectivity index (χ4n) is 4.66. The zero-order valence-corrected chi connectivity index (χ0v) is 21.9. The van der Waals surface area contributed by atoms with Crippen molar-refractivity contribution in [3.8, 4) is 23.0 Å². The van der Waals surface area contributed by atoms with Crippen molar-refractivity contribution in [3.63, 3.8) is 0 Å². The molecule has 4 nitrogen and oxygen atoms in total. The molecule has 0 saturated carbocycles. The van der Waals surface area contributed by atoms with Gasteiger partial charge in [0.2, 0.25) is 0 Å². The molecule has 0 heterocycles. The molecule has 5 heteroatoms. The lowest BCUT2D eigenvalue weighted by Gasteiger charge is -2.28. The predicted octanol–water partition coefficient (Wildman–Crippen LogP) is 7.20. The van der Waals surface area contributed by atoms with Gasteiger partial charge in [0.1, 0.15) is 0 Å². The molecule has 0 aromatic heterocycles. The Morgan fingerprint density at radius 3 is 2.50 bits per heavy atom. The lowest BCUT2D eigenvalue weighted by molar-refractivity contribution is -0.160. The Hall–Kier alpha value is -3.10. The number of hydrogen-bond donors (Lipinski definition) is 2. The number of aryl methyl sites for hydroxylation is 1. The Morgan fingerprint density at radius 2 is 1.89 bits per heavy atom. The van der Waals surface area contributed by atoms with Crippen molar-refractivity contribution in [3.05, 3.63) is 82.4 Å². The van der Waals surface area contributed by atoms with Crippen LogP contribution in [0.5, 0.6) is 0 Å². The molecule has 0 amide bonds. The molecule has 36 heavy (non-hydrogen) atoms. The monoisotopic (exact) mass is 501 g/mol. The molecule has 0 bridgehead atoms. The second-order valence-electron chi connectivity index (χ2n) is 10.5. The number of carbonyl (C=O) groups is 1. The molecule has 0 fully saturated rings. The van der Waals surface area contributed by atoms with Crippen LogP contribution in [-0.2, 0) is 9.53 Å². The summed E-state index contributed by atoms with van der Waals surface area (Å²) in [6.45, 7) is 7.50. The Balaban J connectivity index is 1.97. The molecule has 4 rings (SSSR count). The van der Waals surface area contributed by atoms with Crippen LogP contribution in [0.2, 0.25) is 5.02 Å². The van der Waals surface area contributed by atoms with E-state index in [4.69, 9.17) is 22.1 Å². The minimum absolute atomic E-state index is 0.610. The summed E-state index contributed by atoms with van der Waals surface area (Å²) in [5, 5.41) is 12.7.